The highest BCUT2D eigenvalue weighted by molar-refractivity contribution is 8.26. The third kappa shape index (κ3) is 5.10. The first kappa shape index (κ1) is 25.7. The Balaban J connectivity index is 1.50. The average Bonchev–Trinajstić information content (AvgIpc) is 3.50. The van der Waals surface area contributed by atoms with E-state index in [0.717, 1.165) is 18.4 Å². The minimum Gasteiger partial charge on any atom is -0.450 e. The van der Waals surface area contributed by atoms with Crippen molar-refractivity contribution >= 4 is 57.8 Å². The van der Waals surface area contributed by atoms with E-state index in [4.69, 9.17) is 26.7 Å². The number of thiocarbonyl (C=S) groups is 1. The molecule has 0 bridgehead atoms. The number of thioether (sulfide) groups is 1. The number of ether oxygens (including phenoxy) is 2. The fourth-order valence-corrected chi connectivity index (χ4v) is 6.02. The molecule has 0 aliphatic carbocycles. The third-order valence-corrected chi connectivity index (χ3v) is 8.11. The molecular weight excluding hydrogens is 514 g/mol. The monoisotopic (exact) mass is 543 g/mol. The van der Waals surface area contributed by atoms with E-state index < -0.39 is 0 Å². The number of aryl methyl sites for hydroxylation is 1. The number of carbonyl (C=O) groups is 2. The summed E-state index contributed by atoms with van der Waals surface area (Å²) in [6.45, 7) is 6.95. The van der Waals surface area contributed by atoms with Gasteiger partial charge in [-0.15, -0.1) is 0 Å². The molecule has 5 heterocycles. The maximum absolute atomic E-state index is 13.7. The van der Waals surface area contributed by atoms with Gasteiger partial charge in [-0.05, 0) is 44.4 Å². The fourth-order valence-electron chi connectivity index (χ4n) is 4.76. The van der Waals surface area contributed by atoms with Crippen LogP contribution in [-0.4, -0.2) is 87.5 Å². The van der Waals surface area contributed by atoms with Gasteiger partial charge in [0.15, 0.2) is 0 Å². The number of rotatable bonds is 5. The van der Waals surface area contributed by atoms with E-state index in [1.54, 1.807) is 35.1 Å². The second-order valence-corrected chi connectivity index (χ2v) is 10.8. The molecule has 2 aromatic rings. The molecule has 1 unspecified atom stereocenters. The largest absolute Gasteiger partial charge is 0.450 e. The quantitative estimate of drug-likeness (QED) is 0.417. The number of carbonyl (C=O) groups excluding carboxylic acids is 2. The van der Waals surface area contributed by atoms with Gasteiger partial charge < -0.3 is 19.3 Å². The van der Waals surface area contributed by atoms with Crippen molar-refractivity contribution in [2.24, 2.45) is 0 Å². The van der Waals surface area contributed by atoms with E-state index in [1.165, 1.54) is 16.2 Å². The molecule has 3 fully saturated rings. The number of aromatic nitrogens is 2. The van der Waals surface area contributed by atoms with Gasteiger partial charge in [0.1, 0.15) is 15.8 Å². The van der Waals surface area contributed by atoms with Crippen LogP contribution in [0.25, 0.3) is 11.7 Å². The molecule has 5 rings (SSSR count). The molecule has 0 N–H and O–H groups in total. The van der Waals surface area contributed by atoms with Crippen LogP contribution in [0.15, 0.2) is 28.0 Å². The Hall–Kier alpha value is -2.96. The SMILES string of the molecule is CCOC(=O)N1CCN(c2nc3c(C)cccn3c(=O)c2C=C2SC(=S)N(CC3CCCO3)C2=O)CC1. The second-order valence-electron chi connectivity index (χ2n) is 9.14. The van der Waals surface area contributed by atoms with Gasteiger partial charge in [-0.3, -0.25) is 18.9 Å². The highest BCUT2D eigenvalue weighted by atomic mass is 32.2. The Morgan fingerprint density at radius 2 is 2.08 bits per heavy atom. The highest BCUT2D eigenvalue weighted by Crippen LogP contribution is 2.34. The van der Waals surface area contributed by atoms with Gasteiger partial charge in [-0.2, -0.15) is 0 Å². The van der Waals surface area contributed by atoms with Crippen LogP contribution in [-0.2, 0) is 14.3 Å². The van der Waals surface area contributed by atoms with Crippen molar-refractivity contribution in [3.05, 3.63) is 44.7 Å². The number of amides is 2. The molecule has 0 radical (unpaired) electrons. The van der Waals surface area contributed by atoms with Gasteiger partial charge in [-0.1, -0.05) is 30.0 Å². The normalized spacial score (nSPS) is 21.5. The Morgan fingerprint density at radius 3 is 2.78 bits per heavy atom. The lowest BCUT2D eigenvalue weighted by Crippen LogP contribution is -2.49. The standard InChI is InChI=1S/C25H29N5O5S2/c1-3-34-24(33)28-11-9-27(10-12-28)21-18(22(31)29-8-4-6-16(2)20(29)26-21)14-19-23(32)30(25(36)37-19)15-17-7-5-13-35-17/h4,6,8,14,17H,3,5,7,9-13,15H2,1-2H3. The van der Waals surface area contributed by atoms with Crippen LogP contribution in [0.1, 0.15) is 30.9 Å². The van der Waals surface area contributed by atoms with Gasteiger partial charge >= 0.3 is 6.09 Å². The van der Waals surface area contributed by atoms with Crippen LogP contribution < -0.4 is 10.5 Å². The molecule has 3 aliphatic rings. The van der Waals surface area contributed by atoms with Crippen LogP contribution in [0.2, 0.25) is 0 Å². The summed E-state index contributed by atoms with van der Waals surface area (Å²) in [4.78, 5) is 49.7. The van der Waals surface area contributed by atoms with Crippen molar-refractivity contribution in [3.63, 3.8) is 0 Å². The number of hydrogen-bond donors (Lipinski definition) is 0. The first-order valence-corrected chi connectivity index (χ1v) is 13.7. The summed E-state index contributed by atoms with van der Waals surface area (Å²) in [5.41, 5.74) is 1.48. The molecule has 196 valence electrons. The molecule has 37 heavy (non-hydrogen) atoms. The number of fused-ring (bicyclic) bond motifs is 1. The van der Waals surface area contributed by atoms with Crippen molar-refractivity contribution in [3.8, 4) is 0 Å². The van der Waals surface area contributed by atoms with E-state index in [2.05, 4.69) is 0 Å². The van der Waals surface area contributed by atoms with Crippen LogP contribution in [0.4, 0.5) is 10.6 Å². The molecule has 2 amide bonds. The van der Waals surface area contributed by atoms with Crippen LogP contribution >= 0.6 is 24.0 Å². The topological polar surface area (TPSA) is 96.7 Å². The van der Waals surface area contributed by atoms with E-state index in [0.29, 0.717) is 72.2 Å². The molecule has 1 atom stereocenters. The van der Waals surface area contributed by atoms with E-state index in [1.807, 2.05) is 17.9 Å². The number of pyridine rings is 1. The van der Waals surface area contributed by atoms with Gasteiger partial charge in [0, 0.05) is 39.0 Å². The Kier molecular flexibility index (Phi) is 7.50. The van der Waals surface area contributed by atoms with Gasteiger partial charge in [0.2, 0.25) is 0 Å². The first-order chi connectivity index (χ1) is 17.9. The van der Waals surface area contributed by atoms with Gasteiger partial charge in [0.05, 0.1) is 29.7 Å². The predicted molar refractivity (Wildman–Crippen MR) is 146 cm³/mol. The Labute approximate surface area is 224 Å². The number of nitrogens with zero attached hydrogens (tertiary/aromatic N) is 5. The van der Waals surface area contributed by atoms with E-state index >= 15 is 0 Å². The minimum atomic E-state index is -0.348. The summed E-state index contributed by atoms with van der Waals surface area (Å²) in [6.07, 6.45) is 4.80. The summed E-state index contributed by atoms with van der Waals surface area (Å²) in [5.74, 6) is 0.268. The van der Waals surface area contributed by atoms with Crippen LogP contribution in [0, 0.1) is 6.92 Å². The third-order valence-electron chi connectivity index (χ3n) is 6.73. The van der Waals surface area contributed by atoms with Crippen molar-refractivity contribution in [2.45, 2.75) is 32.8 Å². The minimum absolute atomic E-state index is 0.0240. The molecule has 12 heteroatoms. The number of hydrogen-bond acceptors (Lipinski definition) is 9. The average molecular weight is 544 g/mol. The Bertz CT molecular complexity index is 1330. The number of piperazine rings is 1. The number of anilines is 1. The van der Waals surface area contributed by atoms with Crippen molar-refractivity contribution in [1.29, 1.82) is 0 Å². The van der Waals surface area contributed by atoms with Gasteiger partial charge in [-0.25, -0.2) is 9.78 Å². The Morgan fingerprint density at radius 1 is 1.30 bits per heavy atom. The summed E-state index contributed by atoms with van der Waals surface area (Å²) in [7, 11) is 0. The first-order valence-electron chi connectivity index (χ1n) is 12.4. The predicted octanol–water partition coefficient (Wildman–Crippen LogP) is 2.66. The molecule has 0 saturated carbocycles. The lowest BCUT2D eigenvalue weighted by atomic mass is 10.2. The lowest BCUT2D eigenvalue weighted by Gasteiger charge is -2.35. The maximum Gasteiger partial charge on any atom is 0.409 e. The summed E-state index contributed by atoms with van der Waals surface area (Å²) < 4.78 is 12.8. The fraction of sp³-hybridized carbons (Fsp3) is 0.480. The molecule has 0 spiro atoms. The van der Waals surface area contributed by atoms with Gasteiger partial charge in [0.25, 0.3) is 11.5 Å². The molecule has 2 aromatic heterocycles. The van der Waals surface area contributed by atoms with Crippen LogP contribution in [0.5, 0.6) is 0 Å². The second kappa shape index (κ2) is 10.8. The van der Waals surface area contributed by atoms with E-state index in [9.17, 15) is 14.4 Å². The summed E-state index contributed by atoms with van der Waals surface area (Å²) in [5, 5.41) is 0. The molecule has 10 nitrogen and oxygen atoms in total. The molecule has 3 saturated heterocycles. The molecule has 3 aliphatic heterocycles. The molecular formula is C25H29N5O5S2. The summed E-state index contributed by atoms with van der Waals surface area (Å²) >= 11 is 6.69. The zero-order valence-electron chi connectivity index (χ0n) is 20.8. The zero-order valence-corrected chi connectivity index (χ0v) is 22.5. The van der Waals surface area contributed by atoms with Crippen molar-refractivity contribution in [2.75, 3.05) is 50.8 Å². The summed E-state index contributed by atoms with van der Waals surface area (Å²) in [6, 6.07) is 3.70. The van der Waals surface area contributed by atoms with Crippen molar-refractivity contribution in [1.82, 2.24) is 19.2 Å². The van der Waals surface area contributed by atoms with Crippen molar-refractivity contribution < 1.29 is 19.1 Å². The smallest absolute Gasteiger partial charge is 0.409 e. The van der Waals surface area contributed by atoms with E-state index in [-0.39, 0.29) is 23.7 Å². The lowest BCUT2D eigenvalue weighted by molar-refractivity contribution is -0.123. The highest BCUT2D eigenvalue weighted by Gasteiger charge is 2.35. The van der Waals surface area contributed by atoms with Crippen LogP contribution in [0.3, 0.4) is 0 Å². The maximum atomic E-state index is 13.7. The molecule has 0 aromatic carbocycles. The zero-order chi connectivity index (χ0) is 26.1.